The van der Waals surface area contributed by atoms with Crippen LogP contribution in [0.4, 0.5) is 0 Å². The molecule has 1 aromatic heterocycles. The summed E-state index contributed by atoms with van der Waals surface area (Å²) in [5.74, 6) is 0. The van der Waals surface area contributed by atoms with Crippen molar-refractivity contribution >= 4 is 22.9 Å². The zero-order valence-corrected chi connectivity index (χ0v) is 11.1. The van der Waals surface area contributed by atoms with E-state index in [9.17, 15) is 0 Å². The highest BCUT2D eigenvalue weighted by Gasteiger charge is 2.13. The van der Waals surface area contributed by atoms with Crippen LogP contribution in [-0.4, -0.2) is 0 Å². The summed E-state index contributed by atoms with van der Waals surface area (Å²) in [7, 11) is 0. The van der Waals surface area contributed by atoms with E-state index in [0.717, 1.165) is 6.42 Å². The zero-order chi connectivity index (χ0) is 11.5. The number of benzene rings is 1. The maximum absolute atomic E-state index is 6.47. The van der Waals surface area contributed by atoms with Gasteiger partial charge in [0.05, 0.1) is 5.38 Å². The van der Waals surface area contributed by atoms with Gasteiger partial charge in [-0.1, -0.05) is 24.3 Å². The van der Waals surface area contributed by atoms with Crippen molar-refractivity contribution in [2.75, 3.05) is 0 Å². The second-order valence-corrected chi connectivity index (χ2v) is 5.54. The lowest BCUT2D eigenvalue weighted by atomic mass is 10.0. The number of hydrogen-bond acceptors (Lipinski definition) is 1. The van der Waals surface area contributed by atoms with E-state index in [1.807, 2.05) is 0 Å². The average Bonchev–Trinajstić information content (AvgIpc) is 2.68. The van der Waals surface area contributed by atoms with Crippen molar-refractivity contribution in [3.8, 4) is 0 Å². The molecule has 0 saturated heterocycles. The summed E-state index contributed by atoms with van der Waals surface area (Å²) in [6.07, 6.45) is 0.912. The predicted molar refractivity (Wildman–Crippen MR) is 72.5 cm³/mol. The molecule has 1 atom stereocenters. The number of aryl methyl sites for hydroxylation is 2. The van der Waals surface area contributed by atoms with E-state index in [0.29, 0.717) is 0 Å². The molecule has 0 saturated carbocycles. The topological polar surface area (TPSA) is 0 Å². The first-order chi connectivity index (χ1) is 7.68. The smallest absolute Gasteiger partial charge is 0.0721 e. The molecule has 0 aliphatic rings. The minimum absolute atomic E-state index is 0.0982. The second kappa shape index (κ2) is 5.03. The minimum atomic E-state index is 0.0982. The molecule has 0 N–H and O–H groups in total. The van der Waals surface area contributed by atoms with Crippen LogP contribution in [0.1, 0.15) is 26.9 Å². The van der Waals surface area contributed by atoms with Crippen molar-refractivity contribution in [1.82, 2.24) is 0 Å². The van der Waals surface area contributed by atoms with Crippen LogP contribution in [0.3, 0.4) is 0 Å². The Hall–Kier alpha value is -0.790. The van der Waals surface area contributed by atoms with Crippen LogP contribution in [-0.2, 0) is 6.42 Å². The molecule has 1 unspecified atom stereocenters. The Bertz CT molecular complexity index is 473. The maximum Gasteiger partial charge on any atom is 0.0721 e. The molecule has 0 nitrogen and oxygen atoms in total. The molecule has 0 aliphatic carbocycles. The molecule has 2 aromatic rings. The van der Waals surface area contributed by atoms with Gasteiger partial charge in [-0.25, -0.2) is 0 Å². The molecule has 2 heteroatoms. The molecule has 1 aromatic carbocycles. The van der Waals surface area contributed by atoms with Crippen LogP contribution in [0.5, 0.6) is 0 Å². The molecule has 0 aliphatic heterocycles. The van der Waals surface area contributed by atoms with Gasteiger partial charge in [0, 0.05) is 4.88 Å². The van der Waals surface area contributed by atoms with Gasteiger partial charge in [-0.15, -0.1) is 22.9 Å². The van der Waals surface area contributed by atoms with Crippen molar-refractivity contribution in [2.24, 2.45) is 0 Å². The van der Waals surface area contributed by atoms with Crippen molar-refractivity contribution < 1.29 is 0 Å². The summed E-state index contributed by atoms with van der Waals surface area (Å²) in [4.78, 5) is 1.30. The molecule has 84 valence electrons. The monoisotopic (exact) mass is 250 g/mol. The molecule has 2 rings (SSSR count). The van der Waals surface area contributed by atoms with E-state index in [-0.39, 0.29) is 5.38 Å². The van der Waals surface area contributed by atoms with Crippen molar-refractivity contribution in [3.63, 3.8) is 0 Å². The van der Waals surface area contributed by atoms with Gasteiger partial charge >= 0.3 is 0 Å². The molecule has 0 fully saturated rings. The Kier molecular flexibility index (Phi) is 3.67. The lowest BCUT2D eigenvalue weighted by molar-refractivity contribution is 0.922. The fourth-order valence-electron chi connectivity index (χ4n) is 1.83. The number of thiophene rings is 1. The first kappa shape index (κ1) is 11.7. The quantitative estimate of drug-likeness (QED) is 0.681. The van der Waals surface area contributed by atoms with Crippen LogP contribution < -0.4 is 0 Å². The Balaban J connectivity index is 2.17. The Labute approximate surface area is 106 Å². The van der Waals surface area contributed by atoms with E-state index >= 15 is 0 Å². The van der Waals surface area contributed by atoms with Crippen molar-refractivity contribution in [2.45, 2.75) is 25.6 Å². The molecular formula is C14H15ClS. The van der Waals surface area contributed by atoms with Crippen LogP contribution in [0, 0.1) is 13.8 Å². The van der Waals surface area contributed by atoms with Gasteiger partial charge in [0.2, 0.25) is 0 Å². The van der Waals surface area contributed by atoms with Gasteiger partial charge in [0.15, 0.2) is 0 Å². The van der Waals surface area contributed by atoms with E-state index in [2.05, 4.69) is 49.6 Å². The van der Waals surface area contributed by atoms with Crippen LogP contribution in [0.2, 0.25) is 0 Å². The number of hydrogen-bond donors (Lipinski definition) is 0. The highest BCUT2D eigenvalue weighted by Crippen LogP contribution is 2.32. The molecule has 1 heterocycles. The fraction of sp³-hybridized carbons (Fsp3) is 0.286. The first-order valence-corrected chi connectivity index (χ1v) is 6.72. The molecule has 0 radical (unpaired) electrons. The van der Waals surface area contributed by atoms with Gasteiger partial charge in [0.25, 0.3) is 0 Å². The van der Waals surface area contributed by atoms with Crippen LogP contribution >= 0.6 is 22.9 Å². The third-order valence-corrected chi connectivity index (χ3v) is 4.48. The Morgan fingerprint density at radius 3 is 2.50 bits per heavy atom. The zero-order valence-electron chi connectivity index (χ0n) is 9.53. The van der Waals surface area contributed by atoms with Crippen molar-refractivity contribution in [1.29, 1.82) is 0 Å². The molecule has 0 bridgehead atoms. The fourth-order valence-corrected chi connectivity index (χ4v) is 3.23. The minimum Gasteiger partial charge on any atom is -0.147 e. The van der Waals surface area contributed by atoms with Gasteiger partial charge in [0.1, 0.15) is 0 Å². The van der Waals surface area contributed by atoms with Crippen LogP contribution in [0.25, 0.3) is 0 Å². The lowest BCUT2D eigenvalue weighted by Crippen LogP contribution is -1.97. The van der Waals surface area contributed by atoms with E-state index in [1.165, 1.54) is 21.6 Å². The summed E-state index contributed by atoms with van der Waals surface area (Å²) in [6.45, 7) is 4.26. The number of halogens is 1. The van der Waals surface area contributed by atoms with Crippen molar-refractivity contribution in [3.05, 3.63) is 57.3 Å². The highest BCUT2D eigenvalue weighted by molar-refractivity contribution is 7.10. The van der Waals surface area contributed by atoms with Crippen LogP contribution in [0.15, 0.2) is 35.7 Å². The molecule has 16 heavy (non-hydrogen) atoms. The number of alkyl halides is 1. The average molecular weight is 251 g/mol. The van der Waals surface area contributed by atoms with E-state index in [4.69, 9.17) is 11.6 Å². The third kappa shape index (κ3) is 2.47. The number of rotatable bonds is 3. The summed E-state index contributed by atoms with van der Waals surface area (Å²) in [5, 5.41) is 2.21. The Morgan fingerprint density at radius 2 is 1.88 bits per heavy atom. The van der Waals surface area contributed by atoms with E-state index < -0.39 is 0 Å². The SMILES string of the molecule is Cc1ccccc1CC(Cl)c1sccc1C. The Morgan fingerprint density at radius 1 is 1.12 bits per heavy atom. The summed E-state index contributed by atoms with van der Waals surface area (Å²) in [6, 6.07) is 10.6. The third-order valence-electron chi connectivity index (χ3n) is 2.85. The van der Waals surface area contributed by atoms with Gasteiger partial charge in [-0.05, 0) is 48.4 Å². The molecule has 0 spiro atoms. The van der Waals surface area contributed by atoms with Gasteiger partial charge in [-0.3, -0.25) is 0 Å². The molecular weight excluding hydrogens is 236 g/mol. The standard InChI is InChI=1S/C14H15ClS/c1-10-5-3-4-6-12(10)9-13(15)14-11(2)7-8-16-14/h3-8,13H,9H2,1-2H3. The normalized spacial score (nSPS) is 12.7. The predicted octanol–water partition coefficient (Wildman–Crippen LogP) is 4.89. The van der Waals surface area contributed by atoms with Gasteiger partial charge in [-0.2, -0.15) is 0 Å². The second-order valence-electron chi connectivity index (χ2n) is 4.07. The summed E-state index contributed by atoms with van der Waals surface area (Å²) >= 11 is 8.22. The first-order valence-electron chi connectivity index (χ1n) is 5.41. The van der Waals surface area contributed by atoms with Gasteiger partial charge < -0.3 is 0 Å². The summed E-state index contributed by atoms with van der Waals surface area (Å²) < 4.78 is 0. The highest BCUT2D eigenvalue weighted by atomic mass is 35.5. The molecule has 0 amide bonds. The summed E-state index contributed by atoms with van der Waals surface area (Å²) in [5.41, 5.74) is 3.97. The largest absolute Gasteiger partial charge is 0.147 e. The maximum atomic E-state index is 6.47. The lowest BCUT2D eigenvalue weighted by Gasteiger charge is -2.11. The van der Waals surface area contributed by atoms with E-state index in [1.54, 1.807) is 11.3 Å².